The molecule has 1 aromatic heterocycles. The van der Waals surface area contributed by atoms with Gasteiger partial charge in [-0.15, -0.1) is 11.3 Å². The van der Waals surface area contributed by atoms with E-state index in [2.05, 4.69) is 10.3 Å². The van der Waals surface area contributed by atoms with Gasteiger partial charge in [0.1, 0.15) is 0 Å². The lowest BCUT2D eigenvalue weighted by atomic mass is 9.64. The molecule has 1 saturated carbocycles. The zero-order valence-corrected chi connectivity index (χ0v) is 11.8. The van der Waals surface area contributed by atoms with Gasteiger partial charge in [0.25, 0.3) is 0 Å². The smallest absolute Gasteiger partial charge is 0.236 e. The molecule has 1 heterocycles. The topological polar surface area (TPSA) is 42.0 Å². The van der Waals surface area contributed by atoms with E-state index in [1.165, 1.54) is 11.3 Å². The summed E-state index contributed by atoms with van der Waals surface area (Å²) in [6.07, 6.45) is 4.53. The van der Waals surface area contributed by atoms with Crippen molar-refractivity contribution in [3.05, 3.63) is 46.4 Å². The van der Waals surface area contributed by atoms with Crippen molar-refractivity contribution in [1.82, 2.24) is 4.98 Å². The molecule has 1 aromatic carbocycles. The third kappa shape index (κ3) is 2.26. The molecule has 0 bridgehead atoms. The van der Waals surface area contributed by atoms with Gasteiger partial charge in [0.05, 0.1) is 5.41 Å². The summed E-state index contributed by atoms with van der Waals surface area (Å²) >= 11 is 7.34. The maximum Gasteiger partial charge on any atom is 0.236 e. The number of carbonyl (C=O) groups excluding carboxylic acids is 1. The first-order chi connectivity index (χ1) is 9.21. The molecular weight excluding hydrogens is 280 g/mol. The summed E-state index contributed by atoms with van der Waals surface area (Å²) in [7, 11) is 0. The minimum atomic E-state index is -0.406. The molecular formula is C14H13ClN2OS. The average molecular weight is 293 g/mol. The summed E-state index contributed by atoms with van der Waals surface area (Å²) in [6, 6.07) is 7.58. The average Bonchev–Trinajstić information content (AvgIpc) is 2.83. The Hall–Kier alpha value is -1.39. The number of halogens is 1. The van der Waals surface area contributed by atoms with E-state index in [1.54, 1.807) is 6.20 Å². The van der Waals surface area contributed by atoms with E-state index in [1.807, 2.05) is 29.6 Å². The van der Waals surface area contributed by atoms with Crippen LogP contribution in [0.1, 0.15) is 24.8 Å². The molecule has 1 N–H and O–H groups in total. The second kappa shape index (κ2) is 4.94. The van der Waals surface area contributed by atoms with Crippen LogP contribution in [-0.2, 0) is 10.2 Å². The van der Waals surface area contributed by atoms with Gasteiger partial charge in [-0.05, 0) is 30.5 Å². The minimum Gasteiger partial charge on any atom is -0.301 e. The molecule has 98 valence electrons. The van der Waals surface area contributed by atoms with Crippen LogP contribution in [0.3, 0.4) is 0 Å². The van der Waals surface area contributed by atoms with Crippen LogP contribution < -0.4 is 5.32 Å². The highest BCUT2D eigenvalue weighted by molar-refractivity contribution is 7.13. The Balaban J connectivity index is 1.86. The lowest BCUT2D eigenvalue weighted by Crippen LogP contribution is -2.45. The third-order valence-electron chi connectivity index (χ3n) is 3.69. The standard InChI is InChI=1S/C14H13ClN2OS/c15-11-4-2-10(3-5-11)14(6-1-7-14)12(18)17-13-16-8-9-19-13/h2-5,8-9H,1,6-7H2,(H,16,17,18). The zero-order valence-electron chi connectivity index (χ0n) is 10.2. The van der Waals surface area contributed by atoms with Gasteiger partial charge in [-0.2, -0.15) is 0 Å². The van der Waals surface area contributed by atoms with Crippen LogP contribution in [-0.4, -0.2) is 10.9 Å². The van der Waals surface area contributed by atoms with Crippen molar-refractivity contribution < 1.29 is 4.79 Å². The molecule has 5 heteroatoms. The fraction of sp³-hybridized carbons (Fsp3) is 0.286. The summed E-state index contributed by atoms with van der Waals surface area (Å²) < 4.78 is 0. The number of nitrogens with one attached hydrogen (secondary N) is 1. The van der Waals surface area contributed by atoms with E-state index in [0.29, 0.717) is 10.2 Å². The highest BCUT2D eigenvalue weighted by Gasteiger charge is 2.45. The Morgan fingerprint density at radius 2 is 2.05 bits per heavy atom. The normalized spacial score (nSPS) is 16.7. The van der Waals surface area contributed by atoms with Crippen LogP contribution in [0.25, 0.3) is 0 Å². The van der Waals surface area contributed by atoms with E-state index >= 15 is 0 Å². The monoisotopic (exact) mass is 292 g/mol. The van der Waals surface area contributed by atoms with Crippen LogP contribution >= 0.6 is 22.9 Å². The van der Waals surface area contributed by atoms with Gasteiger partial charge in [-0.25, -0.2) is 4.98 Å². The minimum absolute atomic E-state index is 0.0380. The van der Waals surface area contributed by atoms with Gasteiger partial charge in [0.2, 0.25) is 5.91 Å². The van der Waals surface area contributed by atoms with Gasteiger partial charge in [0, 0.05) is 16.6 Å². The molecule has 1 aliphatic rings. The van der Waals surface area contributed by atoms with Crippen molar-refractivity contribution in [1.29, 1.82) is 0 Å². The Morgan fingerprint density at radius 1 is 1.32 bits per heavy atom. The fourth-order valence-corrected chi connectivity index (χ4v) is 3.10. The van der Waals surface area contributed by atoms with E-state index in [4.69, 9.17) is 11.6 Å². The third-order valence-corrected chi connectivity index (χ3v) is 4.63. The molecule has 0 spiro atoms. The van der Waals surface area contributed by atoms with Crippen molar-refractivity contribution in [2.24, 2.45) is 0 Å². The fourth-order valence-electron chi connectivity index (χ4n) is 2.45. The van der Waals surface area contributed by atoms with Gasteiger partial charge in [-0.3, -0.25) is 4.79 Å². The second-order valence-electron chi connectivity index (χ2n) is 4.73. The highest BCUT2D eigenvalue weighted by atomic mass is 35.5. The summed E-state index contributed by atoms with van der Waals surface area (Å²) in [5.41, 5.74) is 0.633. The summed E-state index contributed by atoms with van der Waals surface area (Å²) in [6.45, 7) is 0. The number of thiazole rings is 1. The van der Waals surface area contributed by atoms with Crippen molar-refractivity contribution in [2.45, 2.75) is 24.7 Å². The lowest BCUT2D eigenvalue weighted by molar-refractivity contribution is -0.124. The van der Waals surface area contributed by atoms with E-state index < -0.39 is 5.41 Å². The van der Waals surface area contributed by atoms with Gasteiger partial charge in [-0.1, -0.05) is 30.2 Å². The first-order valence-electron chi connectivity index (χ1n) is 6.18. The quantitative estimate of drug-likeness (QED) is 0.933. The molecule has 0 unspecified atom stereocenters. The molecule has 3 rings (SSSR count). The number of carbonyl (C=O) groups is 1. The maximum atomic E-state index is 12.5. The first kappa shape index (κ1) is 12.6. The Bertz CT molecular complexity index is 576. The number of rotatable bonds is 3. The van der Waals surface area contributed by atoms with Gasteiger partial charge >= 0.3 is 0 Å². The molecule has 0 aliphatic heterocycles. The van der Waals surface area contributed by atoms with E-state index in [-0.39, 0.29) is 5.91 Å². The molecule has 2 aromatic rings. The largest absolute Gasteiger partial charge is 0.301 e. The number of hydrogen-bond acceptors (Lipinski definition) is 3. The van der Waals surface area contributed by atoms with Crippen LogP contribution in [0.4, 0.5) is 5.13 Å². The molecule has 0 atom stereocenters. The van der Waals surface area contributed by atoms with E-state index in [9.17, 15) is 4.79 Å². The summed E-state index contributed by atoms with van der Waals surface area (Å²) in [4.78, 5) is 16.6. The Kier molecular flexibility index (Phi) is 3.29. The van der Waals surface area contributed by atoms with Crippen LogP contribution in [0.2, 0.25) is 5.02 Å². The van der Waals surface area contributed by atoms with Gasteiger partial charge in [0.15, 0.2) is 5.13 Å². The zero-order chi connectivity index (χ0) is 13.3. The Labute approximate surface area is 120 Å². The summed E-state index contributed by atoms with van der Waals surface area (Å²) in [5, 5.41) is 6.12. The highest BCUT2D eigenvalue weighted by Crippen LogP contribution is 2.44. The van der Waals surface area contributed by atoms with Crippen molar-refractivity contribution in [3.8, 4) is 0 Å². The predicted molar refractivity (Wildman–Crippen MR) is 77.7 cm³/mol. The molecule has 0 radical (unpaired) electrons. The van der Waals surface area contributed by atoms with Crippen LogP contribution in [0.5, 0.6) is 0 Å². The molecule has 3 nitrogen and oxygen atoms in total. The van der Waals surface area contributed by atoms with E-state index in [0.717, 1.165) is 24.8 Å². The predicted octanol–water partition coefficient (Wildman–Crippen LogP) is 3.86. The molecule has 0 saturated heterocycles. The number of anilines is 1. The molecule has 1 aliphatic carbocycles. The Morgan fingerprint density at radius 3 is 2.58 bits per heavy atom. The van der Waals surface area contributed by atoms with Crippen molar-refractivity contribution in [3.63, 3.8) is 0 Å². The lowest BCUT2D eigenvalue weighted by Gasteiger charge is -2.40. The van der Waals surface area contributed by atoms with Crippen molar-refractivity contribution in [2.75, 3.05) is 5.32 Å². The maximum absolute atomic E-state index is 12.5. The number of aromatic nitrogens is 1. The van der Waals surface area contributed by atoms with Crippen molar-refractivity contribution >= 4 is 34.0 Å². The SMILES string of the molecule is O=C(Nc1nccs1)C1(c2ccc(Cl)cc2)CCC1. The molecule has 19 heavy (non-hydrogen) atoms. The van der Waals surface area contributed by atoms with Crippen LogP contribution in [0, 0.1) is 0 Å². The molecule has 1 amide bonds. The van der Waals surface area contributed by atoms with Crippen LogP contribution in [0.15, 0.2) is 35.8 Å². The first-order valence-corrected chi connectivity index (χ1v) is 7.43. The second-order valence-corrected chi connectivity index (χ2v) is 6.06. The molecule has 1 fully saturated rings. The van der Waals surface area contributed by atoms with Gasteiger partial charge < -0.3 is 5.32 Å². The number of hydrogen-bond donors (Lipinski definition) is 1. The number of amides is 1. The number of nitrogens with zero attached hydrogens (tertiary/aromatic N) is 1. The summed E-state index contributed by atoms with van der Waals surface area (Å²) in [5.74, 6) is 0.0380. The number of benzene rings is 1.